The molecule has 0 amide bonds. The number of anilines is 1. The number of phosphoric acid groups is 2. The molecule has 252 valence electrons. The minimum absolute atomic E-state index is 0.0523. The number of phosphoric ester groups is 2. The Hall–Kier alpha value is -3.24. The van der Waals surface area contributed by atoms with Crippen LogP contribution in [0.2, 0.25) is 0 Å². The van der Waals surface area contributed by atoms with Crippen LogP contribution >= 0.6 is 15.6 Å². The number of nitrogens with one attached hydrogen (secondary N) is 1. The Balaban J connectivity index is 1.15. The first-order valence-corrected chi connectivity index (χ1v) is 17.1. The number of H-pyrrole nitrogens is 1. The molecular weight excluding hydrogens is 672 g/mol. The average molecular weight is 699 g/mol. The average Bonchev–Trinajstić information content (AvgIpc) is 3.74. The topological polar surface area (TPSA) is 293 Å². The minimum atomic E-state index is -5.02. The van der Waals surface area contributed by atoms with Gasteiger partial charge in [0.15, 0.2) is 40.7 Å². The lowest BCUT2D eigenvalue weighted by molar-refractivity contribution is -0.229. The Morgan fingerprint density at radius 2 is 1.77 bits per heavy atom. The van der Waals surface area contributed by atoms with Crippen LogP contribution in [0.25, 0.3) is 22.3 Å². The van der Waals surface area contributed by atoms with Gasteiger partial charge in [-0.15, -0.1) is 0 Å². The maximum absolute atomic E-state index is 13.5. The third kappa shape index (κ3) is 4.95. The lowest BCUT2D eigenvalue weighted by Gasteiger charge is -2.46. The van der Waals surface area contributed by atoms with Crippen molar-refractivity contribution in [1.82, 2.24) is 39.0 Å². The molecule has 2 bridgehead atoms. The van der Waals surface area contributed by atoms with E-state index in [-0.39, 0.29) is 40.6 Å². The molecule has 0 radical (unpaired) electrons. The van der Waals surface area contributed by atoms with Gasteiger partial charge in [0.05, 0.1) is 45.2 Å². The Kier molecular flexibility index (Phi) is 7.19. The fourth-order valence-corrected chi connectivity index (χ4v) is 8.42. The fraction of sp³-hybridized carbons (Fsp3) is 0.565. The van der Waals surface area contributed by atoms with Gasteiger partial charge in [-0.2, -0.15) is 0 Å². The highest BCUT2D eigenvalue weighted by molar-refractivity contribution is 7.47. The molecule has 6 N–H and O–H groups in total. The molecule has 24 heteroatoms. The summed E-state index contributed by atoms with van der Waals surface area (Å²) in [6, 6.07) is 0. The van der Waals surface area contributed by atoms with E-state index in [0.29, 0.717) is 0 Å². The molecule has 47 heavy (non-hydrogen) atoms. The number of aromatic amines is 1. The summed E-state index contributed by atoms with van der Waals surface area (Å²) in [6.07, 6.45) is -3.58. The van der Waals surface area contributed by atoms with E-state index in [0.717, 1.165) is 0 Å². The van der Waals surface area contributed by atoms with E-state index in [2.05, 4.69) is 29.9 Å². The number of nitrogens with two attached hydrogens (primary N) is 1. The van der Waals surface area contributed by atoms with Gasteiger partial charge in [-0.3, -0.25) is 32.0 Å². The van der Waals surface area contributed by atoms with E-state index in [1.807, 2.05) is 0 Å². The van der Waals surface area contributed by atoms with Gasteiger partial charge in [-0.05, 0) is 6.92 Å². The van der Waals surface area contributed by atoms with Gasteiger partial charge < -0.3 is 39.8 Å². The van der Waals surface area contributed by atoms with Crippen molar-refractivity contribution < 1.29 is 56.3 Å². The summed E-state index contributed by atoms with van der Waals surface area (Å²) in [4.78, 5) is 57.6. The second-order valence-corrected chi connectivity index (χ2v) is 14.1. The summed E-state index contributed by atoms with van der Waals surface area (Å²) < 4.78 is 69.8. The summed E-state index contributed by atoms with van der Waals surface area (Å²) in [5.41, 5.74) is 4.19. The first-order valence-electron chi connectivity index (χ1n) is 14.1. The molecule has 0 saturated carbocycles. The van der Waals surface area contributed by atoms with Gasteiger partial charge in [0.1, 0.15) is 36.0 Å². The number of aliphatic hydroxyl groups is 1. The van der Waals surface area contributed by atoms with Gasteiger partial charge in [0, 0.05) is 5.92 Å². The number of aryl methyl sites for hydroxylation is 1. The molecular formula is C23H27N9O13P2. The molecule has 0 aliphatic carbocycles. The number of aromatic nitrogens is 8. The third-order valence-corrected chi connectivity index (χ3v) is 10.6. The number of rotatable bonds is 3. The first-order chi connectivity index (χ1) is 22.4. The van der Waals surface area contributed by atoms with Gasteiger partial charge in [-0.1, -0.05) is 0 Å². The highest BCUT2D eigenvalue weighted by Crippen LogP contribution is 2.60. The summed E-state index contributed by atoms with van der Waals surface area (Å²) >= 11 is 0. The number of nitrogens with zero attached hydrogens (tertiary/aromatic N) is 7. The van der Waals surface area contributed by atoms with E-state index in [9.17, 15) is 28.8 Å². The zero-order valence-corrected chi connectivity index (χ0v) is 25.9. The molecule has 4 aromatic rings. The minimum Gasteiger partial charge on any atom is -0.396 e. The van der Waals surface area contributed by atoms with Crippen LogP contribution < -0.4 is 11.3 Å². The first kappa shape index (κ1) is 31.1. The number of fused-ring (bicyclic) bond motifs is 4. The molecule has 4 aliphatic heterocycles. The predicted molar refractivity (Wildman–Crippen MR) is 151 cm³/mol. The maximum Gasteiger partial charge on any atom is 0.473 e. The lowest BCUT2D eigenvalue weighted by atomic mass is 9.88. The smallest absolute Gasteiger partial charge is 0.396 e. The van der Waals surface area contributed by atoms with E-state index in [4.69, 9.17) is 38.0 Å². The Labute approximate surface area is 262 Å². The molecule has 10 unspecified atom stereocenters. The number of nitrogen functional groups attached to an aromatic ring is 1. The van der Waals surface area contributed by atoms with Crippen molar-refractivity contribution in [3.8, 4) is 0 Å². The summed E-state index contributed by atoms with van der Waals surface area (Å²) in [5.74, 6) is -0.758. The molecule has 8 rings (SSSR count). The summed E-state index contributed by atoms with van der Waals surface area (Å²) in [6.45, 7) is -0.736. The van der Waals surface area contributed by atoms with Gasteiger partial charge in [-0.25, -0.2) is 34.0 Å². The molecule has 10 atom stereocenters. The third-order valence-electron chi connectivity index (χ3n) is 8.60. The number of imidazole rings is 2. The van der Waals surface area contributed by atoms with E-state index in [1.165, 1.54) is 28.1 Å². The zero-order chi connectivity index (χ0) is 32.9. The number of aliphatic hydroxyl groups excluding tert-OH is 1. The molecule has 4 fully saturated rings. The van der Waals surface area contributed by atoms with Crippen LogP contribution in [0.4, 0.5) is 5.82 Å². The van der Waals surface area contributed by atoms with Gasteiger partial charge in [0.25, 0.3) is 5.56 Å². The Bertz CT molecular complexity index is 2040. The molecule has 8 heterocycles. The second kappa shape index (κ2) is 10.9. The summed E-state index contributed by atoms with van der Waals surface area (Å²) in [5, 5.41) is 10.3. The van der Waals surface area contributed by atoms with Crippen LogP contribution in [-0.2, 0) is 41.4 Å². The number of ether oxygens (including phenoxy) is 3. The highest BCUT2D eigenvalue weighted by Gasteiger charge is 2.69. The van der Waals surface area contributed by atoms with E-state index in [1.54, 1.807) is 6.92 Å². The van der Waals surface area contributed by atoms with Crippen LogP contribution in [-0.4, -0.2) is 110 Å². The lowest BCUT2D eigenvalue weighted by Crippen LogP contribution is -2.63. The molecule has 22 nitrogen and oxygen atoms in total. The maximum atomic E-state index is 13.5. The van der Waals surface area contributed by atoms with E-state index < -0.39 is 89.4 Å². The van der Waals surface area contributed by atoms with Crippen LogP contribution in [0.15, 0.2) is 23.8 Å². The van der Waals surface area contributed by atoms with Crippen molar-refractivity contribution in [1.29, 1.82) is 0 Å². The zero-order valence-electron chi connectivity index (χ0n) is 24.1. The van der Waals surface area contributed by atoms with Crippen molar-refractivity contribution in [2.45, 2.75) is 49.4 Å². The van der Waals surface area contributed by atoms with Crippen LogP contribution in [0, 0.1) is 12.8 Å². The van der Waals surface area contributed by atoms with Crippen molar-refractivity contribution in [2.24, 2.45) is 5.92 Å². The van der Waals surface area contributed by atoms with Crippen molar-refractivity contribution in [2.75, 3.05) is 32.2 Å². The monoisotopic (exact) mass is 699 g/mol. The number of hydrogen-bond acceptors (Lipinski definition) is 17. The predicted octanol–water partition coefficient (Wildman–Crippen LogP) is -0.960. The molecule has 4 saturated heterocycles. The quantitative estimate of drug-likeness (QED) is 0.161. The van der Waals surface area contributed by atoms with Crippen LogP contribution in [0.5, 0.6) is 0 Å². The van der Waals surface area contributed by atoms with Crippen molar-refractivity contribution >= 4 is 43.8 Å². The van der Waals surface area contributed by atoms with Gasteiger partial charge in [0.2, 0.25) is 0 Å². The van der Waals surface area contributed by atoms with Crippen LogP contribution in [0.1, 0.15) is 18.3 Å². The second-order valence-electron chi connectivity index (χ2n) is 11.4. The largest absolute Gasteiger partial charge is 0.473 e. The molecule has 1 spiro atoms. The van der Waals surface area contributed by atoms with Crippen LogP contribution in [0.3, 0.4) is 0 Å². The highest BCUT2D eigenvalue weighted by atomic mass is 31.2. The molecule has 4 aliphatic rings. The van der Waals surface area contributed by atoms with Crippen molar-refractivity contribution in [3.63, 3.8) is 0 Å². The Morgan fingerprint density at radius 1 is 1.02 bits per heavy atom. The fourth-order valence-electron chi connectivity index (χ4n) is 6.38. The van der Waals surface area contributed by atoms with Gasteiger partial charge >= 0.3 is 15.6 Å². The molecule has 0 aromatic carbocycles. The Morgan fingerprint density at radius 3 is 2.51 bits per heavy atom. The normalized spacial score (nSPS) is 39.1. The number of hydrogen-bond donors (Lipinski definition) is 5. The SMILES string of the molecule is Cc1nc2c(ncn2C2OC3COP(=O)(O)OC45COC4C(n4cnc6c(N)ncnc64)OC5COP(=O)(O)OC2C3CO)c(=O)[nH]1. The molecule has 4 aromatic heterocycles. The summed E-state index contributed by atoms with van der Waals surface area (Å²) in [7, 11) is -9.98. The van der Waals surface area contributed by atoms with E-state index >= 15 is 0 Å². The van der Waals surface area contributed by atoms with Crippen molar-refractivity contribution in [3.05, 3.63) is 35.2 Å². The standard InChI is InChI=1S/C23H27N9O13P2/c1-9-29-19-14(20(34)30-9)28-8-32(19)21-15-10(2-33)11(42-21)3-40-47(37,38)45-23-5-39-16(23)22(43-12(23)4-41-46(35,36)44-15)31-7-27-13-17(24)25-6-26-18(13)31/h6-8,10-12,15-16,21-22,33H,2-5H2,1H3,(H,35,36)(H,37,38)(H2,24,25,26)(H,29,30,34).